The van der Waals surface area contributed by atoms with Crippen LogP contribution in [0.3, 0.4) is 0 Å². The molecule has 1 heteroatoms. The van der Waals surface area contributed by atoms with Crippen LogP contribution in [0.4, 0.5) is 17.1 Å². The monoisotopic (exact) mass is 715 g/mol. The van der Waals surface area contributed by atoms with Crippen LogP contribution in [-0.4, -0.2) is 0 Å². The van der Waals surface area contributed by atoms with Crippen LogP contribution in [0.15, 0.2) is 210 Å². The lowest BCUT2D eigenvalue weighted by molar-refractivity contribution is 0.642. The molecule has 0 fully saturated rings. The van der Waals surface area contributed by atoms with Gasteiger partial charge in [-0.2, -0.15) is 0 Å². The number of para-hydroxylation sites is 2. The molecule has 56 heavy (non-hydrogen) atoms. The lowest BCUT2D eigenvalue weighted by atomic mass is 9.66. The van der Waals surface area contributed by atoms with Gasteiger partial charge < -0.3 is 4.90 Å². The number of anilines is 3. The molecule has 266 valence electrons. The molecule has 6 aliphatic carbocycles. The van der Waals surface area contributed by atoms with Gasteiger partial charge in [0.1, 0.15) is 0 Å². The van der Waals surface area contributed by atoms with Crippen molar-refractivity contribution in [1.82, 2.24) is 0 Å². The summed E-state index contributed by atoms with van der Waals surface area (Å²) < 4.78 is 0. The van der Waals surface area contributed by atoms with Crippen molar-refractivity contribution in [2.75, 3.05) is 4.90 Å². The molecule has 6 aliphatic rings. The van der Waals surface area contributed by atoms with Gasteiger partial charge in [-0.3, -0.25) is 0 Å². The predicted molar refractivity (Wildman–Crippen MR) is 232 cm³/mol. The van der Waals surface area contributed by atoms with Gasteiger partial charge >= 0.3 is 0 Å². The summed E-state index contributed by atoms with van der Waals surface area (Å²) in [5, 5.41) is 0. The average Bonchev–Trinajstić information content (AvgIpc) is 3.71. The second-order valence-corrected chi connectivity index (χ2v) is 16.2. The first-order chi connectivity index (χ1) is 27.8. The van der Waals surface area contributed by atoms with Crippen LogP contribution in [0, 0.1) is 5.92 Å². The number of benzene rings is 6. The van der Waals surface area contributed by atoms with Gasteiger partial charge in [0, 0.05) is 23.0 Å². The number of rotatable bonds is 4. The Morgan fingerprint density at radius 1 is 0.464 bits per heavy atom. The smallest absolute Gasteiger partial charge is 0.0726 e. The van der Waals surface area contributed by atoms with Gasteiger partial charge in [-0.1, -0.05) is 146 Å². The largest absolute Gasteiger partial charge is 0.310 e. The van der Waals surface area contributed by atoms with Crippen molar-refractivity contribution in [3.05, 3.63) is 238 Å². The highest BCUT2D eigenvalue weighted by atomic mass is 15.1. The summed E-state index contributed by atoms with van der Waals surface area (Å²) in [4.78, 5) is 2.40. The quantitative estimate of drug-likeness (QED) is 0.175. The molecule has 0 N–H and O–H groups in total. The van der Waals surface area contributed by atoms with E-state index in [2.05, 4.69) is 187 Å². The van der Waals surface area contributed by atoms with E-state index in [1.807, 2.05) is 0 Å². The van der Waals surface area contributed by atoms with Crippen LogP contribution in [0.1, 0.15) is 59.9 Å². The molecule has 6 aromatic rings. The Bertz CT molecular complexity index is 2730. The molecule has 0 saturated carbocycles. The highest BCUT2D eigenvalue weighted by molar-refractivity contribution is 5.98. The van der Waals surface area contributed by atoms with E-state index in [4.69, 9.17) is 0 Å². The van der Waals surface area contributed by atoms with Crippen molar-refractivity contribution >= 4 is 22.6 Å². The summed E-state index contributed by atoms with van der Waals surface area (Å²) in [6.45, 7) is 0. The molecule has 0 amide bonds. The minimum Gasteiger partial charge on any atom is -0.310 e. The molecular formula is C55H41N. The Labute approximate surface area is 329 Å². The minimum atomic E-state index is -0.462. The Morgan fingerprint density at radius 2 is 1.09 bits per heavy atom. The lowest BCUT2D eigenvalue weighted by Crippen LogP contribution is -2.26. The first-order valence-electron chi connectivity index (χ1n) is 20.4. The van der Waals surface area contributed by atoms with E-state index < -0.39 is 5.41 Å². The summed E-state index contributed by atoms with van der Waals surface area (Å²) in [5.41, 5.74) is 24.0. The third-order valence-electron chi connectivity index (χ3n) is 13.4. The number of allylic oxidation sites excluding steroid dienone is 12. The molecule has 0 heterocycles. The van der Waals surface area contributed by atoms with Gasteiger partial charge in [-0.15, -0.1) is 0 Å². The number of fused-ring (bicyclic) bond motifs is 10. The predicted octanol–water partition coefficient (Wildman–Crippen LogP) is 14.1. The Morgan fingerprint density at radius 3 is 1.82 bits per heavy atom. The maximum atomic E-state index is 2.57. The zero-order chi connectivity index (χ0) is 36.8. The molecule has 1 atom stereocenters. The Balaban J connectivity index is 1.09. The van der Waals surface area contributed by atoms with Gasteiger partial charge in [-0.05, 0) is 152 Å². The summed E-state index contributed by atoms with van der Waals surface area (Å²) >= 11 is 0. The van der Waals surface area contributed by atoms with Crippen LogP contribution in [0.2, 0.25) is 0 Å². The van der Waals surface area contributed by atoms with Gasteiger partial charge in [0.05, 0.1) is 5.41 Å². The van der Waals surface area contributed by atoms with Gasteiger partial charge in [-0.25, -0.2) is 0 Å². The van der Waals surface area contributed by atoms with Gasteiger partial charge in [0.25, 0.3) is 0 Å². The fourth-order valence-corrected chi connectivity index (χ4v) is 11.1. The van der Waals surface area contributed by atoms with Crippen molar-refractivity contribution in [1.29, 1.82) is 0 Å². The zero-order valence-corrected chi connectivity index (χ0v) is 31.4. The van der Waals surface area contributed by atoms with Crippen molar-refractivity contribution < 1.29 is 0 Å². The average molecular weight is 716 g/mol. The molecule has 1 unspecified atom stereocenters. The van der Waals surface area contributed by atoms with Crippen molar-refractivity contribution in [3.8, 4) is 22.3 Å². The molecule has 6 aromatic carbocycles. The van der Waals surface area contributed by atoms with E-state index in [1.165, 1.54) is 98.9 Å². The molecule has 0 saturated heterocycles. The Kier molecular flexibility index (Phi) is 6.99. The van der Waals surface area contributed by atoms with Crippen LogP contribution in [-0.2, 0) is 5.41 Å². The summed E-state index contributed by atoms with van der Waals surface area (Å²) in [7, 11) is 0. The maximum absolute atomic E-state index is 2.57. The second kappa shape index (κ2) is 12.3. The lowest BCUT2D eigenvalue weighted by Gasteiger charge is -2.38. The molecule has 0 radical (unpaired) electrons. The summed E-state index contributed by atoms with van der Waals surface area (Å²) in [6.07, 6.45) is 20.8. The van der Waals surface area contributed by atoms with E-state index >= 15 is 0 Å². The van der Waals surface area contributed by atoms with Crippen LogP contribution >= 0.6 is 0 Å². The SMILES string of the molecule is C1=CC2=C3C(=CC=C4C(c5ccc6c(c5)C5(c7ccccc7-c7ccccc75)c5cc(N(c7ccccc7)c7ccccc7)ccc5-6)=CC=C1C43)CCCCC2. The topological polar surface area (TPSA) is 3.24 Å². The van der Waals surface area contributed by atoms with Crippen LogP contribution < -0.4 is 4.90 Å². The van der Waals surface area contributed by atoms with Crippen LogP contribution in [0.25, 0.3) is 27.8 Å². The zero-order valence-electron chi connectivity index (χ0n) is 31.4. The molecule has 0 aliphatic heterocycles. The fourth-order valence-electron chi connectivity index (χ4n) is 11.1. The minimum absolute atomic E-state index is 0.324. The molecule has 1 spiro atoms. The van der Waals surface area contributed by atoms with E-state index in [0.717, 1.165) is 17.1 Å². The highest BCUT2D eigenvalue weighted by Crippen LogP contribution is 2.64. The van der Waals surface area contributed by atoms with Crippen molar-refractivity contribution in [2.45, 2.75) is 37.5 Å². The van der Waals surface area contributed by atoms with Gasteiger partial charge in [0.15, 0.2) is 0 Å². The van der Waals surface area contributed by atoms with Crippen molar-refractivity contribution in [3.63, 3.8) is 0 Å². The number of nitrogens with zero attached hydrogens (tertiary/aromatic N) is 1. The maximum Gasteiger partial charge on any atom is 0.0726 e. The summed E-state index contributed by atoms with van der Waals surface area (Å²) in [5.74, 6) is 0.324. The normalized spacial score (nSPS) is 19.0. The van der Waals surface area contributed by atoms with Crippen LogP contribution in [0.5, 0.6) is 0 Å². The first-order valence-corrected chi connectivity index (χ1v) is 20.4. The van der Waals surface area contributed by atoms with E-state index in [9.17, 15) is 0 Å². The molecule has 1 nitrogen and oxygen atoms in total. The second-order valence-electron chi connectivity index (χ2n) is 16.2. The van der Waals surface area contributed by atoms with E-state index in [0.29, 0.717) is 5.92 Å². The van der Waals surface area contributed by atoms with Crippen molar-refractivity contribution in [2.24, 2.45) is 5.92 Å². The Hall–Kier alpha value is -6.44. The molecular weight excluding hydrogens is 675 g/mol. The third kappa shape index (κ3) is 4.43. The molecule has 12 rings (SSSR count). The number of hydrogen-bond acceptors (Lipinski definition) is 1. The fraction of sp³-hybridized carbons (Fsp3) is 0.127. The van der Waals surface area contributed by atoms with Gasteiger partial charge in [0.2, 0.25) is 0 Å². The highest BCUT2D eigenvalue weighted by Gasteiger charge is 2.52. The standard InChI is InChI=1S/C55H41N/c1-4-14-36-24-25-38-26-30-43(48-32-27-37(15-5-1)53(36)54(38)48)39-28-31-46-47-33-29-42(56(40-16-6-2-7-17-40)41-18-8-3-9-19-41)35-52(47)55(51(46)34-39)49-22-12-10-20-44(49)45-21-11-13-23-50(45)55/h2-3,6-13,16-35,54H,1,4-5,14-15H2. The van der Waals surface area contributed by atoms with E-state index in [1.54, 1.807) is 16.7 Å². The summed E-state index contributed by atoms with van der Waals surface area (Å²) in [6, 6.07) is 54.5. The molecule has 0 bridgehead atoms. The van der Waals surface area contributed by atoms with E-state index in [-0.39, 0.29) is 0 Å². The third-order valence-corrected chi connectivity index (χ3v) is 13.4. The number of hydrogen-bond donors (Lipinski definition) is 0. The molecule has 0 aromatic heterocycles. The first kappa shape index (κ1) is 31.9.